The van der Waals surface area contributed by atoms with E-state index in [-0.39, 0.29) is 5.92 Å². The maximum absolute atomic E-state index is 12.1. The molecule has 0 amide bonds. The summed E-state index contributed by atoms with van der Waals surface area (Å²) >= 11 is 0. The number of halogens is 1. The minimum Gasteiger partial charge on any atom is -0.387 e. The van der Waals surface area contributed by atoms with Crippen LogP contribution >= 0.6 is 0 Å². The first-order valence-electron chi connectivity index (χ1n) is 2.65. The van der Waals surface area contributed by atoms with Crippen LogP contribution in [0.25, 0.3) is 0 Å². The fourth-order valence-electron chi connectivity index (χ4n) is 0.699. The zero-order valence-corrected chi connectivity index (χ0v) is 4.67. The molecule has 1 rings (SSSR count). The molecule has 0 aromatic carbocycles. The molecule has 0 spiro atoms. The number of ether oxygens (including phenoxy) is 1. The average Bonchev–Trinajstić information content (AvgIpc) is 1.98. The van der Waals surface area contributed by atoms with E-state index < -0.39 is 12.5 Å². The van der Waals surface area contributed by atoms with Gasteiger partial charge in [-0.25, -0.2) is 4.39 Å². The van der Waals surface area contributed by atoms with E-state index in [1.807, 2.05) is 0 Å². The lowest BCUT2D eigenvalue weighted by Crippen LogP contribution is -2.20. The summed E-state index contributed by atoms with van der Waals surface area (Å²) in [6.45, 7) is 2.09. The molecule has 3 unspecified atom stereocenters. The van der Waals surface area contributed by atoms with Gasteiger partial charge >= 0.3 is 0 Å². The molecule has 3 atom stereocenters. The molecule has 1 aliphatic rings. The zero-order chi connectivity index (χ0) is 6.15. The summed E-state index contributed by atoms with van der Waals surface area (Å²) < 4.78 is 16.6. The topological polar surface area (TPSA) is 29.5 Å². The van der Waals surface area contributed by atoms with Crippen LogP contribution in [0.5, 0.6) is 0 Å². The van der Waals surface area contributed by atoms with Crippen LogP contribution in [-0.2, 0) is 4.74 Å². The largest absolute Gasteiger partial charge is 0.387 e. The second-order valence-electron chi connectivity index (χ2n) is 2.15. The van der Waals surface area contributed by atoms with Gasteiger partial charge in [-0.1, -0.05) is 6.92 Å². The van der Waals surface area contributed by atoms with Crippen molar-refractivity contribution < 1.29 is 14.2 Å². The second kappa shape index (κ2) is 1.99. The molecule has 3 heteroatoms. The lowest BCUT2D eigenvalue weighted by atomic mass is 10.1. The van der Waals surface area contributed by atoms with Gasteiger partial charge in [0.25, 0.3) is 0 Å². The Labute approximate surface area is 47.3 Å². The lowest BCUT2D eigenvalue weighted by Gasteiger charge is -2.04. The Morgan fingerprint density at radius 3 is 2.50 bits per heavy atom. The fourth-order valence-corrected chi connectivity index (χ4v) is 0.699. The highest BCUT2D eigenvalue weighted by molar-refractivity contribution is 4.72. The molecule has 0 aliphatic carbocycles. The molecule has 1 aliphatic heterocycles. The van der Waals surface area contributed by atoms with E-state index in [1.165, 1.54) is 0 Å². The highest BCUT2D eigenvalue weighted by atomic mass is 19.1. The van der Waals surface area contributed by atoms with Gasteiger partial charge in [-0.05, 0) is 0 Å². The standard InChI is InChI=1S/C5H9FO2/c1-3-2-8-5(6)4(3)7/h3-5,7H,2H2,1H3. The Hall–Kier alpha value is -0.150. The van der Waals surface area contributed by atoms with Crippen LogP contribution in [-0.4, -0.2) is 24.2 Å². The van der Waals surface area contributed by atoms with Crippen molar-refractivity contribution in [3.8, 4) is 0 Å². The number of aliphatic hydroxyl groups is 1. The van der Waals surface area contributed by atoms with E-state index in [0.717, 1.165) is 0 Å². The van der Waals surface area contributed by atoms with Gasteiger partial charge < -0.3 is 9.84 Å². The highest BCUT2D eigenvalue weighted by Gasteiger charge is 2.32. The molecule has 0 bridgehead atoms. The minimum absolute atomic E-state index is 0.0509. The van der Waals surface area contributed by atoms with Crippen LogP contribution < -0.4 is 0 Å². The second-order valence-corrected chi connectivity index (χ2v) is 2.15. The first-order valence-corrected chi connectivity index (χ1v) is 2.65. The monoisotopic (exact) mass is 120 g/mol. The maximum Gasteiger partial charge on any atom is 0.225 e. The predicted molar refractivity (Wildman–Crippen MR) is 26.0 cm³/mol. The van der Waals surface area contributed by atoms with Crippen LogP contribution in [0.3, 0.4) is 0 Å². The molecule has 0 aromatic rings. The molecule has 1 fully saturated rings. The number of alkyl halides is 1. The van der Waals surface area contributed by atoms with Gasteiger partial charge in [-0.15, -0.1) is 0 Å². The van der Waals surface area contributed by atoms with E-state index in [0.29, 0.717) is 6.61 Å². The van der Waals surface area contributed by atoms with E-state index in [4.69, 9.17) is 5.11 Å². The first-order chi connectivity index (χ1) is 3.72. The van der Waals surface area contributed by atoms with E-state index >= 15 is 0 Å². The summed E-state index contributed by atoms with van der Waals surface area (Å²) in [6, 6.07) is 0. The normalized spacial score (nSPS) is 47.6. The van der Waals surface area contributed by atoms with Crippen molar-refractivity contribution in [1.29, 1.82) is 0 Å². The number of hydrogen-bond acceptors (Lipinski definition) is 2. The van der Waals surface area contributed by atoms with Gasteiger partial charge in [0.15, 0.2) is 0 Å². The van der Waals surface area contributed by atoms with Crippen LogP contribution in [0.15, 0.2) is 0 Å². The highest BCUT2D eigenvalue weighted by Crippen LogP contribution is 2.19. The summed E-state index contributed by atoms with van der Waals surface area (Å²) in [5.74, 6) is -0.0509. The molecule has 1 saturated heterocycles. The third-order valence-electron chi connectivity index (χ3n) is 1.37. The zero-order valence-electron chi connectivity index (χ0n) is 4.67. The summed E-state index contributed by atoms with van der Waals surface area (Å²) in [5.41, 5.74) is 0. The smallest absolute Gasteiger partial charge is 0.225 e. The van der Waals surface area contributed by atoms with Gasteiger partial charge in [-0.2, -0.15) is 0 Å². The number of hydrogen-bond donors (Lipinski definition) is 1. The van der Waals surface area contributed by atoms with Gasteiger partial charge in [0.1, 0.15) is 6.10 Å². The van der Waals surface area contributed by atoms with Crippen molar-refractivity contribution in [3.63, 3.8) is 0 Å². The summed E-state index contributed by atoms with van der Waals surface area (Å²) in [7, 11) is 0. The Bertz CT molecular complexity index is 76.5. The van der Waals surface area contributed by atoms with Crippen LogP contribution in [0.1, 0.15) is 6.92 Å². The molecule has 8 heavy (non-hydrogen) atoms. The van der Waals surface area contributed by atoms with Crippen molar-refractivity contribution in [3.05, 3.63) is 0 Å². The molecular formula is C5H9FO2. The van der Waals surface area contributed by atoms with Crippen LogP contribution in [0.4, 0.5) is 4.39 Å². The minimum atomic E-state index is -1.45. The summed E-state index contributed by atoms with van der Waals surface area (Å²) in [6.07, 6.45) is -2.36. The molecule has 0 aromatic heterocycles. The lowest BCUT2D eigenvalue weighted by molar-refractivity contribution is -0.0499. The predicted octanol–water partition coefficient (Wildman–Crippen LogP) is 0.309. The Morgan fingerprint density at radius 2 is 2.38 bits per heavy atom. The van der Waals surface area contributed by atoms with Crippen molar-refractivity contribution in [2.45, 2.75) is 19.4 Å². The van der Waals surface area contributed by atoms with Crippen molar-refractivity contribution in [2.24, 2.45) is 5.92 Å². The molecule has 0 radical (unpaired) electrons. The Balaban J connectivity index is 2.44. The first kappa shape index (κ1) is 5.98. The quantitative estimate of drug-likeness (QED) is 0.498. The van der Waals surface area contributed by atoms with Gasteiger partial charge in [0, 0.05) is 5.92 Å². The van der Waals surface area contributed by atoms with Crippen molar-refractivity contribution >= 4 is 0 Å². The van der Waals surface area contributed by atoms with E-state index in [2.05, 4.69) is 4.74 Å². The summed E-state index contributed by atoms with van der Waals surface area (Å²) in [5, 5.41) is 8.77. The number of aliphatic hydroxyl groups excluding tert-OH is 1. The fraction of sp³-hybridized carbons (Fsp3) is 1.00. The molecule has 2 nitrogen and oxygen atoms in total. The molecule has 1 heterocycles. The van der Waals surface area contributed by atoms with E-state index in [9.17, 15) is 4.39 Å². The number of rotatable bonds is 0. The maximum atomic E-state index is 12.1. The Kier molecular flexibility index (Phi) is 1.49. The third kappa shape index (κ3) is 0.833. The summed E-state index contributed by atoms with van der Waals surface area (Å²) in [4.78, 5) is 0. The van der Waals surface area contributed by atoms with Crippen LogP contribution in [0, 0.1) is 5.92 Å². The van der Waals surface area contributed by atoms with Crippen molar-refractivity contribution in [1.82, 2.24) is 0 Å². The Morgan fingerprint density at radius 1 is 1.75 bits per heavy atom. The van der Waals surface area contributed by atoms with Crippen LogP contribution in [0.2, 0.25) is 0 Å². The molecule has 48 valence electrons. The van der Waals surface area contributed by atoms with Gasteiger partial charge in [0.05, 0.1) is 6.61 Å². The van der Waals surface area contributed by atoms with Gasteiger partial charge in [-0.3, -0.25) is 0 Å². The molecule has 1 N–H and O–H groups in total. The van der Waals surface area contributed by atoms with Crippen molar-refractivity contribution in [2.75, 3.05) is 6.61 Å². The molecular weight excluding hydrogens is 111 g/mol. The average molecular weight is 120 g/mol. The third-order valence-corrected chi connectivity index (χ3v) is 1.37. The SMILES string of the molecule is CC1COC(F)C1O. The van der Waals surface area contributed by atoms with Gasteiger partial charge in [0.2, 0.25) is 6.36 Å². The van der Waals surface area contributed by atoms with E-state index in [1.54, 1.807) is 6.92 Å². The molecule has 0 saturated carbocycles.